The molecule has 22 heavy (non-hydrogen) atoms. The summed E-state index contributed by atoms with van der Waals surface area (Å²) in [7, 11) is 1.54. The molecule has 1 saturated heterocycles. The summed E-state index contributed by atoms with van der Waals surface area (Å²) in [5.41, 5.74) is -0.118. The fourth-order valence-corrected chi connectivity index (χ4v) is 2.44. The zero-order chi connectivity index (χ0) is 16.3. The number of rotatable bonds is 4. The van der Waals surface area contributed by atoms with Crippen LogP contribution >= 0.6 is 0 Å². The molecule has 7 heteroatoms. The number of carbonyl (C=O) groups excluding carboxylic acids is 1. The van der Waals surface area contributed by atoms with Crippen molar-refractivity contribution < 1.29 is 14.1 Å². The van der Waals surface area contributed by atoms with Gasteiger partial charge in [-0.05, 0) is 6.92 Å². The van der Waals surface area contributed by atoms with Crippen molar-refractivity contribution in [1.82, 2.24) is 19.9 Å². The molecule has 0 saturated carbocycles. The zero-order valence-corrected chi connectivity index (χ0v) is 14.1. The third-order valence-corrected chi connectivity index (χ3v) is 3.95. The summed E-state index contributed by atoms with van der Waals surface area (Å²) < 4.78 is 10.3. The van der Waals surface area contributed by atoms with E-state index in [0.29, 0.717) is 19.0 Å². The lowest BCUT2D eigenvalue weighted by molar-refractivity contribution is -0.137. The van der Waals surface area contributed by atoms with Crippen LogP contribution in [0.4, 0.5) is 0 Å². The van der Waals surface area contributed by atoms with E-state index in [1.54, 1.807) is 7.11 Å². The lowest BCUT2D eigenvalue weighted by atomic mass is 9.96. The first-order valence-electron chi connectivity index (χ1n) is 7.67. The molecule has 0 aromatic carbocycles. The van der Waals surface area contributed by atoms with Gasteiger partial charge in [0.1, 0.15) is 6.61 Å². The van der Waals surface area contributed by atoms with Crippen molar-refractivity contribution in [2.45, 2.75) is 39.2 Å². The third-order valence-electron chi connectivity index (χ3n) is 3.95. The van der Waals surface area contributed by atoms with Crippen LogP contribution in [0.25, 0.3) is 0 Å². The maximum atomic E-state index is 11.8. The third kappa shape index (κ3) is 3.84. The Morgan fingerprint density at radius 2 is 1.95 bits per heavy atom. The average molecular weight is 310 g/mol. The van der Waals surface area contributed by atoms with Crippen molar-refractivity contribution in [2.24, 2.45) is 0 Å². The van der Waals surface area contributed by atoms with Crippen LogP contribution < -0.4 is 0 Å². The molecule has 1 fully saturated rings. The first-order valence-corrected chi connectivity index (χ1v) is 7.67. The number of aromatic nitrogens is 2. The summed E-state index contributed by atoms with van der Waals surface area (Å²) in [5.74, 6) is 1.41. The van der Waals surface area contributed by atoms with Gasteiger partial charge in [-0.3, -0.25) is 9.69 Å². The van der Waals surface area contributed by atoms with E-state index in [-0.39, 0.29) is 24.0 Å². The predicted molar refractivity (Wildman–Crippen MR) is 81.4 cm³/mol. The lowest BCUT2D eigenvalue weighted by Crippen LogP contribution is -2.50. The van der Waals surface area contributed by atoms with Crippen molar-refractivity contribution >= 4 is 5.91 Å². The van der Waals surface area contributed by atoms with E-state index in [0.717, 1.165) is 18.9 Å². The second kappa shape index (κ2) is 6.75. The molecule has 0 unspecified atom stereocenters. The van der Waals surface area contributed by atoms with Crippen LogP contribution in [-0.4, -0.2) is 65.7 Å². The van der Waals surface area contributed by atoms with Crippen LogP contribution in [0.3, 0.4) is 0 Å². The van der Waals surface area contributed by atoms with Gasteiger partial charge in [-0.1, -0.05) is 25.9 Å². The molecule has 2 rings (SSSR count). The van der Waals surface area contributed by atoms with Gasteiger partial charge in [0.2, 0.25) is 11.8 Å². The number of nitrogens with zero attached hydrogens (tertiary/aromatic N) is 4. The summed E-state index contributed by atoms with van der Waals surface area (Å²) in [5, 5.41) is 4.08. The highest BCUT2D eigenvalue weighted by Gasteiger charge is 2.29. The number of amides is 1. The maximum absolute atomic E-state index is 11.8. The molecule has 0 bridgehead atoms. The van der Waals surface area contributed by atoms with E-state index in [1.807, 2.05) is 4.90 Å². The summed E-state index contributed by atoms with van der Waals surface area (Å²) in [6, 6.07) is 0.0586. The van der Waals surface area contributed by atoms with E-state index < -0.39 is 0 Å². The van der Waals surface area contributed by atoms with Gasteiger partial charge in [0.05, 0.1) is 6.04 Å². The van der Waals surface area contributed by atoms with Gasteiger partial charge >= 0.3 is 0 Å². The molecule has 7 nitrogen and oxygen atoms in total. The van der Waals surface area contributed by atoms with Gasteiger partial charge in [0.15, 0.2) is 5.82 Å². The molecule has 0 N–H and O–H groups in total. The highest BCUT2D eigenvalue weighted by molar-refractivity contribution is 5.77. The van der Waals surface area contributed by atoms with Crippen molar-refractivity contribution in [3.8, 4) is 0 Å². The Kier molecular flexibility index (Phi) is 5.18. The van der Waals surface area contributed by atoms with Gasteiger partial charge in [-0.2, -0.15) is 4.98 Å². The SMILES string of the molecule is COCC(=O)N1CCN([C@H](C)c2nc(C(C)(C)C)no2)CC1. The molecule has 0 radical (unpaired) electrons. The molecule has 124 valence electrons. The normalized spacial score (nSPS) is 18.5. The van der Waals surface area contributed by atoms with Crippen LogP contribution in [0.15, 0.2) is 4.52 Å². The Morgan fingerprint density at radius 3 is 2.45 bits per heavy atom. The van der Waals surface area contributed by atoms with Gasteiger partial charge < -0.3 is 14.2 Å². The first-order chi connectivity index (χ1) is 10.3. The van der Waals surface area contributed by atoms with Crippen molar-refractivity contribution in [3.63, 3.8) is 0 Å². The largest absolute Gasteiger partial charge is 0.375 e. The molecule has 0 spiro atoms. The number of ether oxygens (including phenoxy) is 1. The van der Waals surface area contributed by atoms with Gasteiger partial charge in [-0.25, -0.2) is 0 Å². The van der Waals surface area contributed by atoms with Crippen LogP contribution in [0.5, 0.6) is 0 Å². The number of hydrogen-bond donors (Lipinski definition) is 0. The zero-order valence-electron chi connectivity index (χ0n) is 14.1. The molecule has 1 amide bonds. The standard InChI is InChI=1S/C15H26N4O3/c1-11(13-16-14(17-22-13)15(2,3)4)18-6-8-19(9-7-18)12(20)10-21-5/h11H,6-10H2,1-5H3/t11-/m1/s1. The van der Waals surface area contributed by atoms with E-state index in [9.17, 15) is 4.79 Å². The van der Waals surface area contributed by atoms with Gasteiger partial charge in [-0.15, -0.1) is 0 Å². The second-order valence-electron chi connectivity index (χ2n) is 6.73. The summed E-state index contributed by atoms with van der Waals surface area (Å²) in [4.78, 5) is 20.4. The minimum Gasteiger partial charge on any atom is -0.375 e. The topological polar surface area (TPSA) is 71.7 Å². The molecule has 1 aliphatic heterocycles. The monoisotopic (exact) mass is 310 g/mol. The Morgan fingerprint density at radius 1 is 1.32 bits per heavy atom. The van der Waals surface area contributed by atoms with Crippen molar-refractivity contribution in [2.75, 3.05) is 39.9 Å². The minimum atomic E-state index is -0.118. The quantitative estimate of drug-likeness (QED) is 0.832. The van der Waals surface area contributed by atoms with Gasteiger partial charge in [0.25, 0.3) is 0 Å². The van der Waals surface area contributed by atoms with E-state index in [1.165, 1.54) is 0 Å². The van der Waals surface area contributed by atoms with Crippen LogP contribution in [0.2, 0.25) is 0 Å². The van der Waals surface area contributed by atoms with Crippen LogP contribution in [-0.2, 0) is 14.9 Å². The highest BCUT2D eigenvalue weighted by Crippen LogP contribution is 2.24. The molecular formula is C15H26N4O3. The smallest absolute Gasteiger partial charge is 0.248 e. The molecule has 1 atom stereocenters. The van der Waals surface area contributed by atoms with Crippen LogP contribution in [0.1, 0.15) is 45.5 Å². The Labute approximate surface area is 131 Å². The second-order valence-corrected chi connectivity index (χ2v) is 6.73. The van der Waals surface area contributed by atoms with Crippen LogP contribution in [0, 0.1) is 0 Å². The van der Waals surface area contributed by atoms with Crippen molar-refractivity contribution in [3.05, 3.63) is 11.7 Å². The Hall–Kier alpha value is -1.47. The summed E-state index contributed by atoms with van der Waals surface area (Å²) in [6.45, 7) is 11.4. The Bertz CT molecular complexity index is 501. The number of piperazine rings is 1. The minimum absolute atomic E-state index is 0.0441. The number of hydrogen-bond acceptors (Lipinski definition) is 6. The number of methoxy groups -OCH3 is 1. The average Bonchev–Trinajstić information content (AvgIpc) is 2.97. The molecule has 1 aromatic heterocycles. The maximum Gasteiger partial charge on any atom is 0.248 e. The lowest BCUT2D eigenvalue weighted by Gasteiger charge is -2.36. The highest BCUT2D eigenvalue weighted by atomic mass is 16.5. The summed E-state index contributed by atoms with van der Waals surface area (Å²) in [6.07, 6.45) is 0. The Balaban J connectivity index is 1.93. The summed E-state index contributed by atoms with van der Waals surface area (Å²) >= 11 is 0. The molecule has 2 heterocycles. The molecule has 0 aliphatic carbocycles. The predicted octanol–water partition coefficient (Wildman–Crippen LogP) is 1.22. The molecule has 1 aromatic rings. The van der Waals surface area contributed by atoms with E-state index in [4.69, 9.17) is 9.26 Å². The fourth-order valence-electron chi connectivity index (χ4n) is 2.44. The fraction of sp³-hybridized carbons (Fsp3) is 0.800. The van der Waals surface area contributed by atoms with E-state index >= 15 is 0 Å². The first kappa shape index (κ1) is 16.9. The molecular weight excluding hydrogens is 284 g/mol. The molecule has 1 aliphatic rings. The number of carbonyl (C=O) groups is 1. The van der Waals surface area contributed by atoms with Gasteiger partial charge in [0, 0.05) is 38.7 Å². The van der Waals surface area contributed by atoms with Crippen molar-refractivity contribution in [1.29, 1.82) is 0 Å². The van der Waals surface area contributed by atoms with E-state index in [2.05, 4.69) is 42.7 Å².